The molecule has 4 aromatic rings. The minimum absolute atomic E-state index is 0.250. The Morgan fingerprint density at radius 1 is 1.18 bits per heavy atom. The fraction of sp³-hybridized carbons (Fsp3) is 0.111. The number of nitrogens with zero attached hydrogens (tertiary/aromatic N) is 2. The van der Waals surface area contributed by atoms with E-state index in [4.69, 9.17) is 0 Å². The molecule has 1 atom stereocenters. The standard InChI is InChI=1S/C18H15FN6O2S/c1-9(16(26)20-10-6-7-13-14(8-10)22-17(27)21-13)28-18-23-15(24-25-18)11-4-2-3-5-12(11)19/h2-9H,1H3,(H,20,26)(H2,21,22,27)(H,23,24,25). The molecule has 4 N–H and O–H groups in total. The van der Waals surface area contributed by atoms with Crippen molar-refractivity contribution >= 4 is 34.4 Å². The number of thioether (sulfide) groups is 1. The van der Waals surface area contributed by atoms with Gasteiger partial charge < -0.3 is 15.3 Å². The highest BCUT2D eigenvalue weighted by Crippen LogP contribution is 2.25. The lowest BCUT2D eigenvalue weighted by molar-refractivity contribution is -0.115. The number of imidazole rings is 1. The third-order valence-electron chi connectivity index (χ3n) is 4.03. The lowest BCUT2D eigenvalue weighted by Crippen LogP contribution is -2.22. The van der Waals surface area contributed by atoms with E-state index in [1.54, 1.807) is 43.3 Å². The first-order chi connectivity index (χ1) is 13.5. The molecule has 0 aliphatic heterocycles. The summed E-state index contributed by atoms with van der Waals surface area (Å²) < 4.78 is 13.8. The average molecular weight is 398 g/mol. The number of hydrogen-bond acceptors (Lipinski definition) is 5. The number of rotatable bonds is 5. The maximum absolute atomic E-state index is 13.8. The lowest BCUT2D eigenvalue weighted by Gasteiger charge is -2.10. The number of fused-ring (bicyclic) bond motifs is 1. The average Bonchev–Trinajstić information content (AvgIpc) is 3.27. The Bertz CT molecular complexity index is 1210. The second-order valence-corrected chi connectivity index (χ2v) is 7.34. The van der Waals surface area contributed by atoms with Crippen molar-refractivity contribution in [2.24, 2.45) is 0 Å². The number of hydrogen-bond donors (Lipinski definition) is 4. The van der Waals surface area contributed by atoms with Crippen LogP contribution in [0.25, 0.3) is 22.4 Å². The van der Waals surface area contributed by atoms with Crippen LogP contribution in [0.4, 0.5) is 10.1 Å². The number of amides is 1. The smallest absolute Gasteiger partial charge is 0.323 e. The Kier molecular flexibility index (Phi) is 4.70. The summed E-state index contributed by atoms with van der Waals surface area (Å²) in [5.74, 6) is -0.353. The molecule has 10 heteroatoms. The Hall–Kier alpha value is -3.40. The monoisotopic (exact) mass is 398 g/mol. The molecule has 8 nitrogen and oxygen atoms in total. The Morgan fingerprint density at radius 3 is 2.79 bits per heavy atom. The summed E-state index contributed by atoms with van der Waals surface area (Å²) in [4.78, 5) is 33.3. The fourth-order valence-corrected chi connectivity index (χ4v) is 3.36. The van der Waals surface area contributed by atoms with Crippen molar-refractivity contribution in [1.82, 2.24) is 25.1 Å². The van der Waals surface area contributed by atoms with Gasteiger partial charge in [-0.2, -0.15) is 0 Å². The maximum atomic E-state index is 13.8. The second-order valence-electron chi connectivity index (χ2n) is 6.04. The number of benzene rings is 2. The van der Waals surface area contributed by atoms with Gasteiger partial charge in [0.25, 0.3) is 0 Å². The molecule has 142 valence electrons. The molecule has 0 saturated heterocycles. The zero-order valence-electron chi connectivity index (χ0n) is 14.6. The molecular weight excluding hydrogens is 383 g/mol. The van der Waals surface area contributed by atoms with E-state index in [9.17, 15) is 14.0 Å². The number of anilines is 1. The largest absolute Gasteiger partial charge is 0.325 e. The van der Waals surface area contributed by atoms with Gasteiger partial charge in [0.1, 0.15) is 5.82 Å². The zero-order valence-corrected chi connectivity index (χ0v) is 15.4. The van der Waals surface area contributed by atoms with Crippen molar-refractivity contribution in [3.05, 3.63) is 58.8 Å². The van der Waals surface area contributed by atoms with Crippen LogP contribution in [0, 0.1) is 5.82 Å². The number of carbonyl (C=O) groups is 1. The molecule has 2 aromatic carbocycles. The minimum atomic E-state index is -0.495. The van der Waals surface area contributed by atoms with Gasteiger partial charge in [-0.05, 0) is 37.3 Å². The number of aromatic amines is 3. The quantitative estimate of drug-likeness (QED) is 0.385. The summed E-state index contributed by atoms with van der Waals surface area (Å²) in [6.07, 6.45) is 0. The van der Waals surface area contributed by atoms with E-state index >= 15 is 0 Å². The van der Waals surface area contributed by atoms with Crippen LogP contribution in [-0.4, -0.2) is 36.3 Å². The molecule has 0 bridgehead atoms. The molecule has 1 amide bonds. The number of H-pyrrole nitrogens is 3. The lowest BCUT2D eigenvalue weighted by atomic mass is 10.2. The molecular formula is C18H15FN6O2S. The molecule has 0 radical (unpaired) electrons. The normalized spacial score (nSPS) is 12.2. The van der Waals surface area contributed by atoms with Gasteiger partial charge in [0.2, 0.25) is 11.1 Å². The van der Waals surface area contributed by atoms with Crippen molar-refractivity contribution in [2.45, 2.75) is 17.3 Å². The van der Waals surface area contributed by atoms with E-state index in [1.165, 1.54) is 6.07 Å². The van der Waals surface area contributed by atoms with Crippen molar-refractivity contribution < 1.29 is 9.18 Å². The molecule has 4 rings (SSSR count). The van der Waals surface area contributed by atoms with E-state index in [0.717, 1.165) is 11.8 Å². The summed E-state index contributed by atoms with van der Waals surface area (Å²) in [6.45, 7) is 1.72. The van der Waals surface area contributed by atoms with Crippen LogP contribution in [0.5, 0.6) is 0 Å². The highest BCUT2D eigenvalue weighted by molar-refractivity contribution is 8.00. The number of nitrogens with one attached hydrogen (secondary N) is 4. The maximum Gasteiger partial charge on any atom is 0.323 e. The fourth-order valence-electron chi connectivity index (χ4n) is 2.64. The summed E-state index contributed by atoms with van der Waals surface area (Å²) in [6, 6.07) is 11.3. The summed E-state index contributed by atoms with van der Waals surface area (Å²) in [5.41, 5.74) is 1.83. The van der Waals surface area contributed by atoms with Crippen LogP contribution in [-0.2, 0) is 4.79 Å². The molecule has 0 spiro atoms. The molecule has 0 aliphatic carbocycles. The highest BCUT2D eigenvalue weighted by atomic mass is 32.2. The van der Waals surface area contributed by atoms with Crippen LogP contribution in [0.1, 0.15) is 6.92 Å². The van der Waals surface area contributed by atoms with E-state index in [-0.39, 0.29) is 11.6 Å². The Labute approximate surface area is 162 Å². The van der Waals surface area contributed by atoms with Crippen LogP contribution in [0.15, 0.2) is 52.4 Å². The van der Waals surface area contributed by atoms with E-state index in [1.807, 2.05) is 0 Å². The Morgan fingerprint density at radius 2 is 1.96 bits per heavy atom. The van der Waals surface area contributed by atoms with Gasteiger partial charge in [-0.15, -0.1) is 5.10 Å². The SMILES string of the molecule is CC(Sc1n[nH]c(-c2ccccc2F)n1)C(=O)Nc1ccc2[nH]c(=O)[nH]c2c1. The number of aromatic nitrogens is 5. The second kappa shape index (κ2) is 7.31. The van der Waals surface area contributed by atoms with Gasteiger partial charge in [0.05, 0.1) is 21.8 Å². The van der Waals surface area contributed by atoms with Crippen LogP contribution in [0.2, 0.25) is 0 Å². The summed E-state index contributed by atoms with van der Waals surface area (Å²) in [5, 5.41) is 9.37. The topological polar surface area (TPSA) is 119 Å². The highest BCUT2D eigenvalue weighted by Gasteiger charge is 2.18. The molecule has 2 aromatic heterocycles. The van der Waals surface area contributed by atoms with Gasteiger partial charge in [-0.3, -0.25) is 9.89 Å². The molecule has 1 unspecified atom stereocenters. The van der Waals surface area contributed by atoms with E-state index in [2.05, 4.69) is 30.5 Å². The Balaban J connectivity index is 1.44. The first-order valence-corrected chi connectivity index (χ1v) is 9.24. The molecule has 2 heterocycles. The zero-order chi connectivity index (χ0) is 19.7. The first kappa shape index (κ1) is 18.0. The van der Waals surface area contributed by atoms with Gasteiger partial charge in [-0.1, -0.05) is 23.9 Å². The molecule has 0 aliphatic rings. The van der Waals surface area contributed by atoms with Crippen LogP contribution < -0.4 is 11.0 Å². The van der Waals surface area contributed by atoms with Gasteiger partial charge in [-0.25, -0.2) is 14.2 Å². The number of halogens is 1. The van der Waals surface area contributed by atoms with E-state index < -0.39 is 11.1 Å². The molecule has 0 fully saturated rings. The summed E-state index contributed by atoms with van der Waals surface area (Å²) in [7, 11) is 0. The predicted molar refractivity (Wildman–Crippen MR) is 105 cm³/mol. The first-order valence-electron chi connectivity index (χ1n) is 8.36. The van der Waals surface area contributed by atoms with Gasteiger partial charge in [0.15, 0.2) is 5.82 Å². The van der Waals surface area contributed by atoms with Crippen LogP contribution >= 0.6 is 11.8 Å². The van der Waals surface area contributed by atoms with Gasteiger partial charge in [0, 0.05) is 5.69 Å². The van der Waals surface area contributed by atoms with Crippen molar-refractivity contribution in [1.29, 1.82) is 0 Å². The molecule has 0 saturated carbocycles. The van der Waals surface area contributed by atoms with Gasteiger partial charge >= 0.3 is 5.69 Å². The van der Waals surface area contributed by atoms with Crippen molar-refractivity contribution in [3.63, 3.8) is 0 Å². The number of carbonyl (C=O) groups excluding carboxylic acids is 1. The predicted octanol–water partition coefficient (Wildman–Crippen LogP) is 2.90. The van der Waals surface area contributed by atoms with Crippen molar-refractivity contribution in [2.75, 3.05) is 5.32 Å². The van der Waals surface area contributed by atoms with Crippen LogP contribution in [0.3, 0.4) is 0 Å². The van der Waals surface area contributed by atoms with E-state index in [0.29, 0.717) is 33.3 Å². The third-order valence-corrected chi connectivity index (χ3v) is 4.99. The molecule has 28 heavy (non-hydrogen) atoms. The minimum Gasteiger partial charge on any atom is -0.325 e. The third kappa shape index (κ3) is 3.67. The van der Waals surface area contributed by atoms with Crippen molar-refractivity contribution in [3.8, 4) is 11.4 Å². The summed E-state index contributed by atoms with van der Waals surface area (Å²) >= 11 is 1.15.